The first-order valence-electron chi connectivity index (χ1n) is 6.91. The molecule has 0 aliphatic rings. The number of hydrogen-bond acceptors (Lipinski definition) is 5. The quantitative estimate of drug-likeness (QED) is 0.533. The molecule has 3 N–H and O–H groups in total. The molecule has 1 rings (SSSR count). The number of benzene rings is 1. The number of ether oxygens (including phenoxy) is 1. The second-order valence-electron chi connectivity index (χ2n) is 4.62. The average Bonchev–Trinajstić information content (AvgIpc) is 2.46. The van der Waals surface area contributed by atoms with Gasteiger partial charge in [-0.1, -0.05) is 0 Å². The number of carbonyl (C=O) groups is 1. The molecule has 1 aromatic rings. The molecule has 0 unspecified atom stereocenters. The van der Waals surface area contributed by atoms with Gasteiger partial charge in [-0.2, -0.15) is 0 Å². The first kappa shape index (κ1) is 23.4. The zero-order chi connectivity index (χ0) is 18.2. The molecule has 0 saturated heterocycles. The molecule has 0 aliphatic heterocycles. The lowest BCUT2D eigenvalue weighted by Gasteiger charge is -2.10. The molecule has 0 aliphatic carbocycles. The summed E-state index contributed by atoms with van der Waals surface area (Å²) in [7, 11) is -2.19. The van der Waals surface area contributed by atoms with Gasteiger partial charge in [0.15, 0.2) is 0 Å². The topological polar surface area (TPSA) is 96.5 Å². The predicted octanol–water partition coefficient (Wildman–Crippen LogP) is 1.01. The Labute approximate surface area is 149 Å². The van der Waals surface area contributed by atoms with E-state index in [0.29, 0.717) is 13.1 Å². The summed E-state index contributed by atoms with van der Waals surface area (Å²) in [5.41, 5.74) is 0. The van der Waals surface area contributed by atoms with Gasteiger partial charge in [-0.3, -0.25) is 4.79 Å². The van der Waals surface area contributed by atoms with Crippen molar-refractivity contribution in [3.8, 4) is 5.75 Å². The molecule has 0 saturated carbocycles. The Hall–Kier alpha value is -1.56. The van der Waals surface area contributed by atoms with Gasteiger partial charge in [-0.05, 0) is 31.3 Å². The number of likely N-dealkylation sites (N-methyl/N-ethyl adjacent to an activating group) is 1. The van der Waals surface area contributed by atoms with Gasteiger partial charge >= 0.3 is 6.36 Å². The zero-order valence-electron chi connectivity index (χ0n) is 13.2. The third kappa shape index (κ3) is 9.48. The van der Waals surface area contributed by atoms with Gasteiger partial charge < -0.3 is 15.4 Å². The van der Waals surface area contributed by atoms with E-state index in [9.17, 15) is 26.4 Å². The van der Waals surface area contributed by atoms with E-state index >= 15 is 0 Å². The molecule has 0 fully saturated rings. The number of amides is 1. The number of rotatable bonds is 9. The Morgan fingerprint density at radius 2 is 1.72 bits per heavy atom. The van der Waals surface area contributed by atoms with Crippen molar-refractivity contribution in [2.45, 2.75) is 17.7 Å². The molecule has 25 heavy (non-hydrogen) atoms. The molecule has 7 nitrogen and oxygen atoms in total. The van der Waals surface area contributed by atoms with Crippen molar-refractivity contribution in [1.29, 1.82) is 0 Å². The fraction of sp³-hybridized carbons (Fsp3) is 0.462. The van der Waals surface area contributed by atoms with Gasteiger partial charge in [0, 0.05) is 26.1 Å². The van der Waals surface area contributed by atoms with E-state index in [0.717, 1.165) is 24.3 Å². The fourth-order valence-electron chi connectivity index (χ4n) is 1.62. The minimum absolute atomic E-state index is 0. The normalized spacial score (nSPS) is 11.5. The van der Waals surface area contributed by atoms with Gasteiger partial charge in [0.05, 0.1) is 4.90 Å². The summed E-state index contributed by atoms with van der Waals surface area (Å²) in [6.45, 7) is 0.876. The minimum Gasteiger partial charge on any atom is -0.406 e. The second-order valence-corrected chi connectivity index (χ2v) is 6.39. The van der Waals surface area contributed by atoms with E-state index < -0.39 is 22.1 Å². The van der Waals surface area contributed by atoms with Crippen LogP contribution >= 0.6 is 12.4 Å². The standard InChI is InChI=1S/C13H18F3N3O4S.ClH/c1-17-8-9-18-12(20)6-7-19-24(21,22)11-4-2-10(3-5-11)23-13(14,15)16;/h2-5,17,19H,6-9H2,1H3,(H,18,20);1H. The summed E-state index contributed by atoms with van der Waals surface area (Å²) in [6, 6.07) is 3.76. The maximum absolute atomic E-state index is 12.0. The summed E-state index contributed by atoms with van der Waals surface area (Å²) in [5.74, 6) is -0.841. The van der Waals surface area contributed by atoms with E-state index in [1.165, 1.54) is 0 Å². The van der Waals surface area contributed by atoms with Crippen LogP contribution in [0.25, 0.3) is 0 Å². The third-order valence-electron chi connectivity index (χ3n) is 2.71. The molecule has 0 atom stereocenters. The Morgan fingerprint density at radius 3 is 2.24 bits per heavy atom. The SMILES string of the molecule is CNCCNC(=O)CCNS(=O)(=O)c1ccc(OC(F)(F)F)cc1.Cl. The van der Waals surface area contributed by atoms with Crippen LogP contribution in [0.4, 0.5) is 13.2 Å². The number of hydrogen-bond donors (Lipinski definition) is 3. The van der Waals surface area contributed by atoms with E-state index in [4.69, 9.17) is 0 Å². The summed E-state index contributed by atoms with van der Waals surface area (Å²) in [5, 5.41) is 5.42. The molecule has 0 bridgehead atoms. The van der Waals surface area contributed by atoms with Gasteiger partial charge in [0.1, 0.15) is 5.75 Å². The van der Waals surface area contributed by atoms with Crippen LogP contribution in [0.3, 0.4) is 0 Å². The van der Waals surface area contributed by atoms with Crippen molar-refractivity contribution >= 4 is 28.3 Å². The maximum atomic E-state index is 12.0. The van der Waals surface area contributed by atoms with Crippen LogP contribution in [0.2, 0.25) is 0 Å². The van der Waals surface area contributed by atoms with Crippen molar-refractivity contribution in [2.75, 3.05) is 26.7 Å². The molecule has 1 amide bonds. The summed E-state index contributed by atoms with van der Waals surface area (Å²) < 4.78 is 65.9. The van der Waals surface area contributed by atoms with Gasteiger partial charge in [-0.15, -0.1) is 25.6 Å². The third-order valence-corrected chi connectivity index (χ3v) is 4.19. The van der Waals surface area contributed by atoms with Crippen molar-refractivity contribution in [3.63, 3.8) is 0 Å². The summed E-state index contributed by atoms with van der Waals surface area (Å²) >= 11 is 0. The summed E-state index contributed by atoms with van der Waals surface area (Å²) in [6.07, 6.45) is -4.91. The number of carbonyl (C=O) groups excluding carboxylic acids is 1. The van der Waals surface area contributed by atoms with Crippen LogP contribution in [-0.2, 0) is 14.8 Å². The minimum atomic E-state index is -4.85. The lowest BCUT2D eigenvalue weighted by Crippen LogP contribution is -2.33. The highest BCUT2D eigenvalue weighted by molar-refractivity contribution is 7.89. The predicted molar refractivity (Wildman–Crippen MR) is 87.1 cm³/mol. The maximum Gasteiger partial charge on any atom is 0.573 e. The second kappa shape index (κ2) is 10.4. The molecular weight excluding hydrogens is 387 g/mol. The molecular formula is C13H19ClF3N3O4S. The lowest BCUT2D eigenvalue weighted by molar-refractivity contribution is -0.274. The van der Waals surface area contributed by atoms with Crippen molar-refractivity contribution < 1.29 is 31.1 Å². The van der Waals surface area contributed by atoms with Crippen LogP contribution in [0, 0.1) is 0 Å². The first-order chi connectivity index (χ1) is 11.1. The van der Waals surface area contributed by atoms with Crippen LogP contribution in [-0.4, -0.2) is 47.4 Å². The van der Waals surface area contributed by atoms with Crippen LogP contribution in [0.15, 0.2) is 29.2 Å². The van der Waals surface area contributed by atoms with Crippen molar-refractivity contribution in [2.24, 2.45) is 0 Å². The Balaban J connectivity index is 0.00000576. The number of halogens is 4. The highest BCUT2D eigenvalue weighted by Gasteiger charge is 2.31. The number of nitrogens with one attached hydrogen (secondary N) is 3. The van der Waals surface area contributed by atoms with E-state index in [-0.39, 0.29) is 36.2 Å². The van der Waals surface area contributed by atoms with E-state index in [1.807, 2.05) is 0 Å². The van der Waals surface area contributed by atoms with Crippen molar-refractivity contribution in [1.82, 2.24) is 15.4 Å². The monoisotopic (exact) mass is 405 g/mol. The molecule has 0 radical (unpaired) electrons. The highest BCUT2D eigenvalue weighted by atomic mass is 35.5. The Bertz CT molecular complexity index is 639. The molecule has 1 aromatic carbocycles. The largest absolute Gasteiger partial charge is 0.573 e. The lowest BCUT2D eigenvalue weighted by atomic mass is 10.3. The fourth-order valence-corrected chi connectivity index (χ4v) is 2.65. The Morgan fingerprint density at radius 1 is 1.12 bits per heavy atom. The number of sulfonamides is 1. The van der Waals surface area contributed by atoms with E-state index in [1.54, 1.807) is 7.05 Å². The highest BCUT2D eigenvalue weighted by Crippen LogP contribution is 2.23. The van der Waals surface area contributed by atoms with Crippen LogP contribution in [0.5, 0.6) is 5.75 Å². The van der Waals surface area contributed by atoms with Crippen molar-refractivity contribution in [3.05, 3.63) is 24.3 Å². The number of alkyl halides is 3. The average molecular weight is 406 g/mol. The first-order valence-corrected chi connectivity index (χ1v) is 8.39. The molecule has 144 valence electrons. The van der Waals surface area contributed by atoms with Gasteiger partial charge in [0.25, 0.3) is 0 Å². The van der Waals surface area contributed by atoms with Crippen LogP contribution < -0.4 is 20.1 Å². The zero-order valence-corrected chi connectivity index (χ0v) is 14.9. The Kier molecular flexibility index (Phi) is 9.78. The van der Waals surface area contributed by atoms with E-state index in [2.05, 4.69) is 20.1 Å². The van der Waals surface area contributed by atoms with Gasteiger partial charge in [0.2, 0.25) is 15.9 Å². The molecule has 0 heterocycles. The van der Waals surface area contributed by atoms with Crippen LogP contribution in [0.1, 0.15) is 6.42 Å². The smallest absolute Gasteiger partial charge is 0.406 e. The van der Waals surface area contributed by atoms with Gasteiger partial charge in [-0.25, -0.2) is 13.1 Å². The molecule has 0 spiro atoms. The molecule has 0 aromatic heterocycles. The molecule has 12 heteroatoms. The summed E-state index contributed by atoms with van der Waals surface area (Å²) in [4.78, 5) is 11.2.